The fraction of sp³-hybridized carbons (Fsp3) is 0.400. The third-order valence-corrected chi connectivity index (χ3v) is 9.53. The normalized spacial score (nSPS) is 19.4. The van der Waals surface area contributed by atoms with Crippen LogP contribution in [0.4, 0.5) is 27.2 Å². The number of amides is 2. The van der Waals surface area contributed by atoms with Gasteiger partial charge in [-0.25, -0.2) is 28.3 Å². The monoisotopic (exact) mass is 744 g/mol. The van der Waals surface area contributed by atoms with Crippen molar-refractivity contribution in [1.82, 2.24) is 29.7 Å². The second kappa shape index (κ2) is 12.5. The zero-order valence-corrected chi connectivity index (χ0v) is 30.7. The lowest BCUT2D eigenvalue weighted by Crippen LogP contribution is -2.43. The Morgan fingerprint density at radius 2 is 1.63 bits per heavy atom. The van der Waals surface area contributed by atoms with E-state index in [4.69, 9.17) is 20.9 Å². The maximum atomic E-state index is 15.0. The molecule has 14 heteroatoms. The van der Waals surface area contributed by atoms with Crippen LogP contribution in [0.15, 0.2) is 60.8 Å². The number of carbonyl (C=O) groups excluding carboxylic acids is 2. The Hall–Kier alpha value is -5.58. The van der Waals surface area contributed by atoms with Crippen molar-refractivity contribution in [1.29, 1.82) is 0 Å². The molecule has 7 rings (SSSR count). The summed E-state index contributed by atoms with van der Waals surface area (Å²) in [6.07, 6.45) is 4.90. The molecule has 2 aromatic heterocycles. The number of hydrogen-bond donors (Lipinski definition) is 2. The van der Waals surface area contributed by atoms with Crippen molar-refractivity contribution < 1.29 is 36.6 Å². The van der Waals surface area contributed by atoms with E-state index in [9.17, 15) is 18.4 Å². The second-order valence-corrected chi connectivity index (χ2v) is 16.0. The largest absolute Gasteiger partial charge is 0.444 e. The van der Waals surface area contributed by atoms with Crippen LogP contribution in [0, 0.1) is 18.3 Å². The second-order valence-electron chi connectivity index (χ2n) is 16.0. The van der Waals surface area contributed by atoms with Gasteiger partial charge in [-0.15, -0.1) is 6.42 Å². The third kappa shape index (κ3) is 6.95. The minimum absolute atomic E-state index is 0.0902. The highest BCUT2D eigenvalue weighted by molar-refractivity contribution is 6.05. The number of nitrogens with one attached hydrogen (secondary N) is 2. The Morgan fingerprint density at radius 3 is 2.28 bits per heavy atom. The molecule has 2 atom stereocenters. The van der Waals surface area contributed by atoms with Gasteiger partial charge in [0, 0.05) is 5.39 Å². The Bertz CT molecular complexity index is 2310. The van der Waals surface area contributed by atoms with Crippen molar-refractivity contribution in [2.75, 3.05) is 13.1 Å². The van der Waals surface area contributed by atoms with E-state index in [-0.39, 0.29) is 18.8 Å². The Balaban J connectivity index is 1.11. The number of likely N-dealkylation sites (tertiary alicyclic amines) is 1. The van der Waals surface area contributed by atoms with Crippen molar-refractivity contribution in [3.8, 4) is 34.7 Å². The number of aromatic nitrogens is 4. The van der Waals surface area contributed by atoms with Crippen LogP contribution in [0.3, 0.4) is 0 Å². The molecule has 0 bridgehead atoms. The number of benzene rings is 3. The lowest BCUT2D eigenvalue weighted by molar-refractivity contribution is -0.0266. The summed E-state index contributed by atoms with van der Waals surface area (Å²) in [6.45, 7) is 7.97. The number of piperidine rings is 1. The van der Waals surface area contributed by atoms with Gasteiger partial charge in [-0.3, -0.25) is 9.80 Å². The number of alkyl halides is 4. The van der Waals surface area contributed by atoms with Gasteiger partial charge in [0.15, 0.2) is 0 Å². The summed E-state index contributed by atoms with van der Waals surface area (Å²) in [6, 6.07) is 17.3. The first-order chi connectivity index (χ1) is 25.2. The molecule has 282 valence electrons. The predicted molar refractivity (Wildman–Crippen MR) is 195 cm³/mol. The quantitative estimate of drug-likeness (QED) is 0.127. The summed E-state index contributed by atoms with van der Waals surface area (Å²) in [4.78, 5) is 43.2. The van der Waals surface area contributed by atoms with Crippen LogP contribution < -0.4 is 0 Å². The summed E-state index contributed by atoms with van der Waals surface area (Å²) in [5.74, 6) is -5.66. The minimum Gasteiger partial charge on any atom is -0.444 e. The molecule has 1 saturated heterocycles. The fourth-order valence-corrected chi connectivity index (χ4v) is 7.04. The van der Waals surface area contributed by atoms with Gasteiger partial charge < -0.3 is 19.4 Å². The molecule has 1 aliphatic carbocycles. The van der Waals surface area contributed by atoms with Crippen molar-refractivity contribution >= 4 is 34.0 Å². The number of H-pyrrole nitrogens is 2. The van der Waals surface area contributed by atoms with Gasteiger partial charge in [0.05, 0.1) is 41.9 Å². The standard InChI is InChI=1S/C40H40F4N6O4/c1-8-38(41,42)21-49(34(51)53-36(2,3)4)20-31-45-19-29(46-31)24-11-9-23(10-12-24)25-13-15-27-26(17-25)14-16-28-32(27)48-33(47-28)39-18-30(39)40(43,44)22-50(39)35(52)54-37(5,6)7/h1,9-17,19,30H,18,20-22H2,2-7H3,(H,45,46)(H,47,48)/t30-,39?/m0/s1. The van der Waals surface area contributed by atoms with Crippen LogP contribution in [-0.2, 0) is 21.6 Å². The lowest BCUT2D eigenvalue weighted by Gasteiger charge is -2.30. The Kier molecular flexibility index (Phi) is 8.51. The van der Waals surface area contributed by atoms with E-state index in [0.29, 0.717) is 22.6 Å². The van der Waals surface area contributed by atoms with E-state index in [0.717, 1.165) is 37.3 Å². The molecule has 1 unspecified atom stereocenters. The molecular weight excluding hydrogens is 704 g/mol. The molecule has 1 aliphatic heterocycles. The molecule has 1 saturated carbocycles. The highest BCUT2D eigenvalue weighted by Crippen LogP contribution is 2.67. The average Bonchev–Trinajstić information content (AvgIpc) is 3.33. The van der Waals surface area contributed by atoms with Gasteiger partial charge in [-0.05, 0) is 88.1 Å². The van der Waals surface area contributed by atoms with Crippen LogP contribution >= 0.6 is 0 Å². The molecule has 10 nitrogen and oxygen atoms in total. The predicted octanol–water partition coefficient (Wildman–Crippen LogP) is 8.88. The molecule has 2 N–H and O–H groups in total. The number of terminal acetylenes is 1. The number of carbonyl (C=O) groups is 2. The van der Waals surface area contributed by atoms with E-state index < -0.39 is 59.8 Å². The number of imidazole rings is 2. The molecule has 2 fully saturated rings. The zero-order chi connectivity index (χ0) is 39.0. The molecular formula is C40H40F4N6O4. The van der Waals surface area contributed by atoms with Crippen LogP contribution in [0.25, 0.3) is 44.2 Å². The topological polar surface area (TPSA) is 116 Å². The first kappa shape index (κ1) is 36.8. The summed E-state index contributed by atoms with van der Waals surface area (Å²) >= 11 is 0. The smallest absolute Gasteiger partial charge is 0.411 e. The van der Waals surface area contributed by atoms with Gasteiger partial charge in [-0.2, -0.15) is 8.78 Å². The van der Waals surface area contributed by atoms with Crippen molar-refractivity contribution in [3.63, 3.8) is 0 Å². The molecule has 3 aromatic carbocycles. The van der Waals surface area contributed by atoms with Crippen molar-refractivity contribution in [2.24, 2.45) is 5.92 Å². The maximum Gasteiger partial charge on any atom is 0.411 e. The van der Waals surface area contributed by atoms with E-state index in [1.54, 1.807) is 47.7 Å². The van der Waals surface area contributed by atoms with E-state index in [1.165, 1.54) is 5.92 Å². The molecule has 2 aliphatic rings. The van der Waals surface area contributed by atoms with Crippen molar-refractivity contribution in [3.05, 3.63) is 72.4 Å². The summed E-state index contributed by atoms with van der Waals surface area (Å²) in [5.41, 5.74) is 1.51. The van der Waals surface area contributed by atoms with Crippen LogP contribution in [-0.4, -0.2) is 78.1 Å². The van der Waals surface area contributed by atoms with Crippen LogP contribution in [0.2, 0.25) is 0 Å². The van der Waals surface area contributed by atoms with Crippen LogP contribution in [0.5, 0.6) is 0 Å². The number of ether oxygens (including phenoxy) is 2. The van der Waals surface area contributed by atoms with Gasteiger partial charge in [0.2, 0.25) is 0 Å². The molecule has 0 radical (unpaired) electrons. The van der Waals surface area contributed by atoms with Gasteiger partial charge >= 0.3 is 18.1 Å². The molecule has 3 heterocycles. The molecule has 2 amide bonds. The number of nitrogens with zero attached hydrogens (tertiary/aromatic N) is 4. The van der Waals surface area contributed by atoms with E-state index >= 15 is 8.78 Å². The zero-order valence-electron chi connectivity index (χ0n) is 30.7. The molecule has 0 spiro atoms. The first-order valence-corrected chi connectivity index (χ1v) is 17.5. The SMILES string of the molecule is C#CC(F)(F)CN(Cc1ncc(-c2ccc(-c3ccc4c(ccc5[nH]c(C67C[C@@H]6C(F)(F)CN7C(=O)OC(C)(C)C)nc54)c3)cc2)[nH]1)C(=O)OC(C)(C)C. The third-order valence-electron chi connectivity index (χ3n) is 9.53. The number of hydrogen-bond acceptors (Lipinski definition) is 6. The molecule has 54 heavy (non-hydrogen) atoms. The summed E-state index contributed by atoms with van der Waals surface area (Å²) in [7, 11) is 0. The Labute approximate surface area is 309 Å². The summed E-state index contributed by atoms with van der Waals surface area (Å²) in [5, 5.41) is 1.71. The number of rotatable bonds is 7. The highest BCUT2D eigenvalue weighted by atomic mass is 19.3. The first-order valence-electron chi connectivity index (χ1n) is 17.5. The van der Waals surface area contributed by atoms with E-state index in [1.807, 2.05) is 54.6 Å². The van der Waals surface area contributed by atoms with Crippen LogP contribution in [0.1, 0.15) is 59.6 Å². The lowest BCUT2D eigenvalue weighted by atomic mass is 9.99. The van der Waals surface area contributed by atoms with Crippen molar-refractivity contribution in [2.45, 2.75) is 83.1 Å². The summed E-state index contributed by atoms with van der Waals surface area (Å²) < 4.78 is 69.1. The molecule has 5 aromatic rings. The van der Waals surface area contributed by atoms with Gasteiger partial charge in [0.25, 0.3) is 5.92 Å². The number of aromatic amines is 2. The minimum atomic E-state index is -3.56. The van der Waals surface area contributed by atoms with E-state index in [2.05, 4.69) is 15.0 Å². The average molecular weight is 745 g/mol. The fourth-order valence-electron chi connectivity index (χ4n) is 7.04. The number of halogens is 4. The Morgan fingerprint density at radius 1 is 0.963 bits per heavy atom. The highest BCUT2D eigenvalue weighted by Gasteiger charge is 2.78. The number of fused-ring (bicyclic) bond motifs is 4. The maximum absolute atomic E-state index is 15.0. The van der Waals surface area contributed by atoms with Gasteiger partial charge in [-0.1, -0.05) is 42.5 Å². The van der Waals surface area contributed by atoms with Gasteiger partial charge in [0.1, 0.15) is 34.9 Å².